The highest BCUT2D eigenvalue weighted by atomic mass is 16.3. The maximum Gasteiger partial charge on any atom is 0.120 e. The van der Waals surface area contributed by atoms with Crippen LogP contribution in [-0.4, -0.2) is 29.7 Å². The van der Waals surface area contributed by atoms with Crippen LogP contribution in [0.25, 0.3) is 0 Å². The molecule has 2 heterocycles. The van der Waals surface area contributed by atoms with Crippen molar-refractivity contribution in [1.82, 2.24) is 4.90 Å². The number of hydrogen-bond donors (Lipinski definition) is 1. The van der Waals surface area contributed by atoms with E-state index in [9.17, 15) is 0 Å². The molecule has 2 atom stereocenters. The number of hydrogen-bond acceptors (Lipinski definition) is 3. The van der Waals surface area contributed by atoms with Crippen LogP contribution < -0.4 is 0 Å². The van der Waals surface area contributed by atoms with Crippen LogP contribution in [0, 0.1) is 5.92 Å². The summed E-state index contributed by atoms with van der Waals surface area (Å²) in [4.78, 5) is 2.36. The Bertz CT molecular complexity index is 271. The average Bonchev–Trinajstić information content (AvgIpc) is 2.88. The van der Waals surface area contributed by atoms with Crippen molar-refractivity contribution in [3.63, 3.8) is 0 Å². The van der Waals surface area contributed by atoms with E-state index in [1.807, 2.05) is 12.1 Å². The molecule has 3 heteroatoms. The first-order valence-electron chi connectivity index (χ1n) is 5.19. The molecular formula is C11H17NO2. The van der Waals surface area contributed by atoms with Gasteiger partial charge in [-0.05, 0) is 37.9 Å². The minimum Gasteiger partial charge on any atom is -0.468 e. The van der Waals surface area contributed by atoms with E-state index in [4.69, 9.17) is 9.52 Å². The molecule has 0 bridgehead atoms. The molecule has 0 saturated carbocycles. The molecule has 1 aliphatic heterocycles. The molecule has 1 N–H and O–H groups in total. The highest BCUT2D eigenvalue weighted by Crippen LogP contribution is 2.27. The first-order valence-corrected chi connectivity index (χ1v) is 5.19. The Morgan fingerprint density at radius 1 is 1.71 bits per heavy atom. The molecule has 3 nitrogen and oxygen atoms in total. The fraction of sp³-hybridized carbons (Fsp3) is 0.636. The van der Waals surface area contributed by atoms with Gasteiger partial charge < -0.3 is 9.52 Å². The summed E-state index contributed by atoms with van der Waals surface area (Å²) in [5.74, 6) is 1.47. The van der Waals surface area contributed by atoms with Gasteiger partial charge in [-0.15, -0.1) is 0 Å². The Morgan fingerprint density at radius 2 is 2.57 bits per heavy atom. The second-order valence-electron chi connectivity index (χ2n) is 4.02. The molecular weight excluding hydrogens is 178 g/mol. The zero-order valence-corrected chi connectivity index (χ0v) is 8.52. The van der Waals surface area contributed by atoms with Crippen LogP contribution in [0.3, 0.4) is 0 Å². The largest absolute Gasteiger partial charge is 0.468 e. The third kappa shape index (κ3) is 1.83. The first kappa shape index (κ1) is 9.74. The number of likely N-dealkylation sites (tertiary alicyclic amines) is 1. The van der Waals surface area contributed by atoms with Gasteiger partial charge >= 0.3 is 0 Å². The van der Waals surface area contributed by atoms with Crippen molar-refractivity contribution in [2.24, 2.45) is 5.92 Å². The van der Waals surface area contributed by atoms with Crippen LogP contribution in [0.15, 0.2) is 22.8 Å². The molecule has 1 aromatic heterocycles. The molecule has 0 amide bonds. The fourth-order valence-electron chi connectivity index (χ4n) is 2.07. The van der Waals surface area contributed by atoms with Gasteiger partial charge in [0.05, 0.1) is 12.3 Å². The van der Waals surface area contributed by atoms with Crippen molar-refractivity contribution >= 4 is 0 Å². The molecule has 78 valence electrons. The van der Waals surface area contributed by atoms with E-state index in [-0.39, 0.29) is 0 Å². The Balaban J connectivity index is 1.97. The van der Waals surface area contributed by atoms with Crippen LogP contribution in [-0.2, 0) is 0 Å². The molecule has 1 fully saturated rings. The summed E-state index contributed by atoms with van der Waals surface area (Å²) >= 11 is 0. The minimum absolute atomic E-state index is 0.307. The fourth-order valence-corrected chi connectivity index (χ4v) is 2.07. The molecule has 2 rings (SSSR count). The maximum absolute atomic E-state index is 9.05. The quantitative estimate of drug-likeness (QED) is 0.796. The zero-order chi connectivity index (χ0) is 9.97. The number of rotatable bonds is 3. The van der Waals surface area contributed by atoms with Gasteiger partial charge in [0.25, 0.3) is 0 Å². The molecule has 0 spiro atoms. The van der Waals surface area contributed by atoms with E-state index in [1.54, 1.807) is 6.26 Å². The van der Waals surface area contributed by atoms with Gasteiger partial charge in [0.15, 0.2) is 0 Å². The van der Waals surface area contributed by atoms with E-state index in [0.717, 1.165) is 25.3 Å². The molecule has 0 radical (unpaired) electrons. The van der Waals surface area contributed by atoms with Gasteiger partial charge in [-0.1, -0.05) is 0 Å². The normalized spacial score (nSPS) is 25.4. The van der Waals surface area contributed by atoms with Crippen LogP contribution in [0.2, 0.25) is 0 Å². The third-order valence-electron chi connectivity index (χ3n) is 3.08. The van der Waals surface area contributed by atoms with Crippen molar-refractivity contribution in [2.75, 3.05) is 19.7 Å². The van der Waals surface area contributed by atoms with Crippen LogP contribution in [0.4, 0.5) is 0 Å². The van der Waals surface area contributed by atoms with Crippen LogP contribution in [0.1, 0.15) is 25.1 Å². The van der Waals surface area contributed by atoms with Crippen LogP contribution >= 0.6 is 0 Å². The third-order valence-corrected chi connectivity index (χ3v) is 3.08. The lowest BCUT2D eigenvalue weighted by molar-refractivity contribution is 0.193. The van der Waals surface area contributed by atoms with Crippen molar-refractivity contribution < 1.29 is 9.52 Å². The predicted octanol–water partition coefficient (Wildman–Crippen LogP) is 1.65. The van der Waals surface area contributed by atoms with E-state index in [0.29, 0.717) is 18.6 Å². The summed E-state index contributed by atoms with van der Waals surface area (Å²) in [5, 5.41) is 9.05. The topological polar surface area (TPSA) is 36.6 Å². The standard InChI is InChI=1S/C11H17NO2/c1-9(11-3-2-6-14-11)12-5-4-10(7-12)8-13/h2-3,6,9-10,13H,4-5,7-8H2,1H3. The van der Waals surface area contributed by atoms with E-state index in [1.165, 1.54) is 0 Å². The second-order valence-corrected chi connectivity index (χ2v) is 4.02. The molecule has 0 aliphatic carbocycles. The molecule has 1 aromatic rings. The predicted molar refractivity (Wildman–Crippen MR) is 53.9 cm³/mol. The number of aliphatic hydroxyl groups is 1. The lowest BCUT2D eigenvalue weighted by Gasteiger charge is -2.22. The summed E-state index contributed by atoms with van der Waals surface area (Å²) in [6.07, 6.45) is 2.81. The first-order chi connectivity index (χ1) is 6.81. The molecule has 1 aliphatic rings. The van der Waals surface area contributed by atoms with Crippen LogP contribution in [0.5, 0.6) is 0 Å². The van der Waals surface area contributed by atoms with Gasteiger partial charge in [-0.25, -0.2) is 0 Å². The van der Waals surface area contributed by atoms with E-state index < -0.39 is 0 Å². The Kier molecular flexibility index (Phi) is 2.89. The highest BCUT2D eigenvalue weighted by Gasteiger charge is 2.27. The smallest absolute Gasteiger partial charge is 0.120 e. The lowest BCUT2D eigenvalue weighted by atomic mass is 10.1. The maximum atomic E-state index is 9.05. The Morgan fingerprint density at radius 3 is 3.14 bits per heavy atom. The molecule has 0 aromatic carbocycles. The Labute approximate surface area is 84.3 Å². The molecule has 14 heavy (non-hydrogen) atoms. The van der Waals surface area contributed by atoms with Gasteiger partial charge in [0.2, 0.25) is 0 Å². The SMILES string of the molecule is CC(c1ccco1)N1CCC(CO)C1. The number of furan rings is 1. The minimum atomic E-state index is 0.307. The van der Waals surface area contributed by atoms with Crippen molar-refractivity contribution in [2.45, 2.75) is 19.4 Å². The molecule has 2 unspecified atom stereocenters. The summed E-state index contributed by atoms with van der Waals surface area (Å²) in [6, 6.07) is 4.27. The van der Waals surface area contributed by atoms with Crippen molar-refractivity contribution in [3.05, 3.63) is 24.2 Å². The van der Waals surface area contributed by atoms with Gasteiger partial charge in [-0.2, -0.15) is 0 Å². The molecule has 1 saturated heterocycles. The van der Waals surface area contributed by atoms with E-state index in [2.05, 4.69) is 11.8 Å². The number of aliphatic hydroxyl groups excluding tert-OH is 1. The second kappa shape index (κ2) is 4.15. The summed E-state index contributed by atoms with van der Waals surface area (Å²) < 4.78 is 5.37. The van der Waals surface area contributed by atoms with Gasteiger partial charge in [0, 0.05) is 13.2 Å². The van der Waals surface area contributed by atoms with Gasteiger partial charge in [0.1, 0.15) is 5.76 Å². The van der Waals surface area contributed by atoms with Crippen molar-refractivity contribution in [1.29, 1.82) is 0 Å². The summed E-state index contributed by atoms with van der Waals surface area (Å²) in [7, 11) is 0. The number of nitrogens with zero attached hydrogens (tertiary/aromatic N) is 1. The van der Waals surface area contributed by atoms with Gasteiger partial charge in [-0.3, -0.25) is 4.90 Å². The van der Waals surface area contributed by atoms with Crippen molar-refractivity contribution in [3.8, 4) is 0 Å². The highest BCUT2D eigenvalue weighted by molar-refractivity contribution is 5.04. The average molecular weight is 195 g/mol. The zero-order valence-electron chi connectivity index (χ0n) is 8.52. The summed E-state index contributed by atoms with van der Waals surface area (Å²) in [5.41, 5.74) is 0. The van der Waals surface area contributed by atoms with E-state index >= 15 is 0 Å². The monoisotopic (exact) mass is 195 g/mol. The Hall–Kier alpha value is -0.800. The summed E-state index contributed by atoms with van der Waals surface area (Å²) in [6.45, 7) is 4.51. The lowest BCUT2D eigenvalue weighted by Crippen LogP contribution is -2.24.